The van der Waals surface area contributed by atoms with Crippen LogP contribution < -0.4 is 5.32 Å². The van der Waals surface area contributed by atoms with Crippen molar-refractivity contribution in [3.05, 3.63) is 41.5 Å². The summed E-state index contributed by atoms with van der Waals surface area (Å²) in [6, 6.07) is 8.45. The second kappa shape index (κ2) is 6.48. The highest BCUT2D eigenvalue weighted by Gasteiger charge is 2.41. The summed E-state index contributed by atoms with van der Waals surface area (Å²) < 4.78 is 0. The molecule has 1 aromatic rings. The van der Waals surface area contributed by atoms with E-state index in [0.717, 1.165) is 43.0 Å². The molecule has 1 amide bonds. The van der Waals surface area contributed by atoms with Crippen molar-refractivity contribution in [1.29, 1.82) is 0 Å². The Morgan fingerprint density at radius 2 is 2.00 bits per heavy atom. The Bertz CT molecular complexity index is 616. The molecule has 1 spiro atoms. The molecule has 0 saturated carbocycles. The average Bonchev–Trinajstić information content (AvgIpc) is 2.89. The van der Waals surface area contributed by atoms with E-state index in [1.165, 1.54) is 18.5 Å². The van der Waals surface area contributed by atoms with Gasteiger partial charge in [0.2, 0.25) is 0 Å². The lowest BCUT2D eigenvalue weighted by molar-refractivity contribution is -0.115. The molecule has 0 bridgehead atoms. The van der Waals surface area contributed by atoms with E-state index in [1.54, 1.807) is 7.05 Å². The molecule has 23 heavy (non-hydrogen) atoms. The zero-order valence-electron chi connectivity index (χ0n) is 14.6. The fraction of sp³-hybridized carbons (Fsp3) is 0.550. The molecule has 0 unspecified atom stereocenters. The molecule has 1 aliphatic heterocycles. The molecular weight excluding hydrogens is 284 g/mol. The summed E-state index contributed by atoms with van der Waals surface area (Å²) in [6.45, 7) is 8.02. The minimum atomic E-state index is 0. The van der Waals surface area contributed by atoms with Gasteiger partial charge in [0.05, 0.1) is 0 Å². The molecule has 1 aliphatic carbocycles. The summed E-state index contributed by atoms with van der Waals surface area (Å²) in [7, 11) is 1.71. The van der Waals surface area contributed by atoms with Gasteiger partial charge in [-0.2, -0.15) is 0 Å². The number of likely N-dealkylation sites (N-methyl/N-ethyl adjacent to an activating group) is 1. The molecule has 1 fully saturated rings. The molecule has 126 valence electrons. The van der Waals surface area contributed by atoms with Crippen molar-refractivity contribution >= 4 is 11.5 Å². The van der Waals surface area contributed by atoms with Crippen LogP contribution in [0.25, 0.3) is 5.57 Å². The van der Waals surface area contributed by atoms with E-state index in [4.69, 9.17) is 0 Å². The molecule has 0 atom stereocenters. The number of allylic oxidation sites excluding steroid dienone is 1. The van der Waals surface area contributed by atoms with Crippen LogP contribution in [0, 0.1) is 5.92 Å². The number of nitrogens with zero attached hydrogens (tertiary/aromatic N) is 1. The predicted molar refractivity (Wildman–Crippen MR) is 97.4 cm³/mol. The summed E-state index contributed by atoms with van der Waals surface area (Å²) in [5.74, 6) is 0.800. The predicted octanol–water partition coefficient (Wildman–Crippen LogP) is 3.46. The number of hydrogen-bond acceptors (Lipinski definition) is 2. The standard InChI is InChI=1S/C20H28N2O.H2/c1-15(2)8-11-22-12-9-20(10-13-22)14-17(19(23)21-3)16-6-4-5-7-18(16)20;/h4-7,14-15H,8-13H2,1-3H3,(H,21,23);1H. The van der Waals surface area contributed by atoms with Gasteiger partial charge in [-0.1, -0.05) is 44.2 Å². The molecule has 0 aromatic heterocycles. The second-order valence-corrected chi connectivity index (χ2v) is 7.36. The van der Waals surface area contributed by atoms with E-state index in [-0.39, 0.29) is 12.7 Å². The molecular formula is C20H30N2O. The van der Waals surface area contributed by atoms with Gasteiger partial charge in [-0.05, 0) is 55.9 Å². The molecule has 3 rings (SSSR count). The van der Waals surface area contributed by atoms with Gasteiger partial charge in [0.1, 0.15) is 0 Å². The number of amides is 1. The maximum absolute atomic E-state index is 12.3. The van der Waals surface area contributed by atoms with E-state index in [9.17, 15) is 4.79 Å². The van der Waals surface area contributed by atoms with Crippen LogP contribution in [0.3, 0.4) is 0 Å². The van der Waals surface area contributed by atoms with E-state index < -0.39 is 0 Å². The number of carbonyl (C=O) groups is 1. The summed E-state index contributed by atoms with van der Waals surface area (Å²) in [4.78, 5) is 14.8. The van der Waals surface area contributed by atoms with Gasteiger partial charge in [0.25, 0.3) is 5.91 Å². The largest absolute Gasteiger partial charge is 0.355 e. The number of rotatable bonds is 4. The van der Waals surface area contributed by atoms with Crippen LogP contribution in [0.15, 0.2) is 30.3 Å². The van der Waals surface area contributed by atoms with Crippen LogP contribution in [-0.4, -0.2) is 37.5 Å². The molecule has 1 heterocycles. The minimum absolute atomic E-state index is 0. The van der Waals surface area contributed by atoms with Gasteiger partial charge >= 0.3 is 0 Å². The minimum Gasteiger partial charge on any atom is -0.355 e. The third-order valence-electron chi connectivity index (χ3n) is 5.42. The highest BCUT2D eigenvalue weighted by Crippen LogP contribution is 2.47. The van der Waals surface area contributed by atoms with Crippen molar-refractivity contribution < 1.29 is 6.22 Å². The molecule has 3 nitrogen and oxygen atoms in total. The van der Waals surface area contributed by atoms with E-state index >= 15 is 0 Å². The fourth-order valence-electron chi connectivity index (χ4n) is 3.94. The number of benzene rings is 1. The molecule has 1 saturated heterocycles. The Morgan fingerprint density at radius 1 is 1.30 bits per heavy atom. The highest BCUT2D eigenvalue weighted by atomic mass is 16.1. The third-order valence-corrected chi connectivity index (χ3v) is 5.42. The maximum atomic E-state index is 12.3. The lowest BCUT2D eigenvalue weighted by Crippen LogP contribution is -2.41. The fourth-order valence-corrected chi connectivity index (χ4v) is 3.94. The topological polar surface area (TPSA) is 32.3 Å². The van der Waals surface area contributed by atoms with Crippen molar-refractivity contribution in [2.24, 2.45) is 5.92 Å². The van der Waals surface area contributed by atoms with Crippen molar-refractivity contribution in [3.63, 3.8) is 0 Å². The number of likely N-dealkylation sites (tertiary alicyclic amines) is 1. The van der Waals surface area contributed by atoms with Crippen molar-refractivity contribution in [3.8, 4) is 0 Å². The van der Waals surface area contributed by atoms with Gasteiger partial charge < -0.3 is 10.2 Å². The quantitative estimate of drug-likeness (QED) is 0.923. The van der Waals surface area contributed by atoms with Crippen molar-refractivity contribution in [2.75, 3.05) is 26.7 Å². The summed E-state index contributed by atoms with van der Waals surface area (Å²) in [5.41, 5.74) is 3.40. The van der Waals surface area contributed by atoms with E-state index in [0.29, 0.717) is 0 Å². The van der Waals surface area contributed by atoms with Crippen LogP contribution in [0.2, 0.25) is 0 Å². The summed E-state index contributed by atoms with van der Waals surface area (Å²) in [5, 5.41) is 2.79. The monoisotopic (exact) mass is 314 g/mol. The Balaban J connectivity index is 0.00000208. The first-order valence-corrected chi connectivity index (χ1v) is 8.83. The second-order valence-electron chi connectivity index (χ2n) is 7.36. The zero-order valence-corrected chi connectivity index (χ0v) is 14.6. The molecule has 2 aliphatic rings. The molecule has 0 radical (unpaired) electrons. The van der Waals surface area contributed by atoms with Crippen LogP contribution in [-0.2, 0) is 10.2 Å². The number of carbonyl (C=O) groups excluding carboxylic acids is 1. The Hall–Kier alpha value is -1.61. The van der Waals surface area contributed by atoms with Gasteiger partial charge in [0, 0.05) is 19.5 Å². The van der Waals surface area contributed by atoms with Gasteiger partial charge in [-0.3, -0.25) is 4.79 Å². The van der Waals surface area contributed by atoms with Gasteiger partial charge in [-0.25, -0.2) is 0 Å². The zero-order chi connectivity index (χ0) is 16.4. The van der Waals surface area contributed by atoms with Gasteiger partial charge in [0.15, 0.2) is 0 Å². The lowest BCUT2D eigenvalue weighted by Gasteiger charge is -2.39. The smallest absolute Gasteiger partial charge is 0.251 e. The lowest BCUT2D eigenvalue weighted by atomic mass is 9.74. The molecule has 1 aromatic carbocycles. The first-order chi connectivity index (χ1) is 11.1. The molecule has 3 heteroatoms. The average molecular weight is 314 g/mol. The molecule has 1 N–H and O–H groups in total. The number of nitrogens with one attached hydrogen (secondary N) is 1. The third kappa shape index (κ3) is 3.07. The number of hydrogen-bond donors (Lipinski definition) is 1. The van der Waals surface area contributed by atoms with Crippen LogP contribution in [0.5, 0.6) is 0 Å². The Morgan fingerprint density at radius 3 is 2.65 bits per heavy atom. The number of fused-ring (bicyclic) bond motifs is 2. The summed E-state index contributed by atoms with van der Waals surface area (Å²) in [6.07, 6.45) is 5.74. The van der Waals surface area contributed by atoms with E-state index in [1.807, 2.05) is 6.07 Å². The Labute approximate surface area is 141 Å². The van der Waals surface area contributed by atoms with Gasteiger partial charge in [-0.15, -0.1) is 0 Å². The Kier molecular flexibility index (Phi) is 4.58. The normalized spacial score (nSPS) is 19.7. The first-order valence-electron chi connectivity index (χ1n) is 8.83. The van der Waals surface area contributed by atoms with Crippen LogP contribution >= 0.6 is 0 Å². The highest BCUT2D eigenvalue weighted by molar-refractivity contribution is 6.21. The van der Waals surface area contributed by atoms with Crippen LogP contribution in [0.4, 0.5) is 0 Å². The van der Waals surface area contributed by atoms with Crippen molar-refractivity contribution in [2.45, 2.75) is 38.5 Å². The van der Waals surface area contributed by atoms with Crippen LogP contribution in [0.1, 0.15) is 45.7 Å². The van der Waals surface area contributed by atoms with E-state index in [2.05, 4.69) is 48.3 Å². The number of piperidine rings is 1. The first kappa shape index (κ1) is 16.3. The SMILES string of the molecule is CNC(=O)C1=CC2(CCN(CCC(C)C)CC2)c2ccccc21.[HH]. The van der Waals surface area contributed by atoms with Crippen molar-refractivity contribution in [1.82, 2.24) is 10.2 Å². The summed E-state index contributed by atoms with van der Waals surface area (Å²) >= 11 is 0. The maximum Gasteiger partial charge on any atom is 0.251 e.